The van der Waals surface area contributed by atoms with Gasteiger partial charge in [-0.25, -0.2) is 0 Å². The van der Waals surface area contributed by atoms with Crippen molar-refractivity contribution in [1.29, 1.82) is 0 Å². The number of rotatable bonds is 5. The Morgan fingerprint density at radius 1 is 1.24 bits per heavy atom. The normalized spacial score (nSPS) is 20.8. The molecule has 2 nitrogen and oxygen atoms in total. The Kier molecular flexibility index (Phi) is 5.27. The minimum atomic E-state index is 0.0360. The van der Waals surface area contributed by atoms with Gasteiger partial charge in [0.15, 0.2) is 6.29 Å². The van der Waals surface area contributed by atoms with E-state index in [1.54, 1.807) is 0 Å². The van der Waals surface area contributed by atoms with Crippen LogP contribution in [0.25, 0.3) is 6.08 Å². The summed E-state index contributed by atoms with van der Waals surface area (Å²) in [6.45, 7) is 1.60. The fourth-order valence-electron chi connectivity index (χ4n) is 1.89. The zero-order valence-electron chi connectivity index (χ0n) is 10.2. The van der Waals surface area contributed by atoms with Crippen LogP contribution in [0, 0.1) is 0 Å². The van der Waals surface area contributed by atoms with Gasteiger partial charge in [0.2, 0.25) is 0 Å². The van der Waals surface area contributed by atoms with Crippen LogP contribution in [-0.2, 0) is 9.47 Å². The van der Waals surface area contributed by atoms with Crippen LogP contribution >= 0.6 is 0 Å². The lowest BCUT2D eigenvalue weighted by molar-refractivity contribution is -0.161. The molecule has 0 aromatic heterocycles. The van der Waals surface area contributed by atoms with Crippen molar-refractivity contribution >= 4 is 6.08 Å². The van der Waals surface area contributed by atoms with E-state index in [0.29, 0.717) is 0 Å². The zero-order valence-corrected chi connectivity index (χ0v) is 10.2. The standard InChI is InChI=1S/C15H20O2/c1-2-8-14(9-3-1)10-4-6-12-16-15-11-5-7-13-17-15/h1-4,8-10,15H,5-7,11-13H2/b10-4+. The molecule has 2 rings (SSSR count). The van der Waals surface area contributed by atoms with Gasteiger partial charge in [0, 0.05) is 6.61 Å². The highest BCUT2D eigenvalue weighted by Gasteiger charge is 2.12. The van der Waals surface area contributed by atoms with Gasteiger partial charge in [0.05, 0.1) is 6.61 Å². The van der Waals surface area contributed by atoms with E-state index in [4.69, 9.17) is 9.47 Å². The molecular formula is C15H20O2. The highest BCUT2D eigenvalue weighted by molar-refractivity contribution is 5.48. The van der Waals surface area contributed by atoms with Gasteiger partial charge in [-0.2, -0.15) is 0 Å². The molecule has 2 heteroatoms. The molecule has 0 saturated carbocycles. The minimum Gasteiger partial charge on any atom is -0.353 e. The molecule has 1 aliphatic rings. The van der Waals surface area contributed by atoms with Crippen LogP contribution in [0.2, 0.25) is 0 Å². The average Bonchev–Trinajstić information content (AvgIpc) is 2.41. The van der Waals surface area contributed by atoms with Crippen molar-refractivity contribution in [2.24, 2.45) is 0 Å². The molecule has 0 amide bonds. The van der Waals surface area contributed by atoms with Crippen molar-refractivity contribution in [2.45, 2.75) is 32.0 Å². The van der Waals surface area contributed by atoms with Gasteiger partial charge >= 0.3 is 0 Å². The van der Waals surface area contributed by atoms with Crippen molar-refractivity contribution in [1.82, 2.24) is 0 Å². The molecule has 1 aliphatic heterocycles. The van der Waals surface area contributed by atoms with E-state index in [-0.39, 0.29) is 6.29 Å². The average molecular weight is 232 g/mol. The van der Waals surface area contributed by atoms with Crippen LogP contribution in [0.5, 0.6) is 0 Å². The van der Waals surface area contributed by atoms with Gasteiger partial charge < -0.3 is 9.47 Å². The molecule has 1 fully saturated rings. The Balaban J connectivity index is 1.61. The lowest BCUT2D eigenvalue weighted by Gasteiger charge is -2.22. The van der Waals surface area contributed by atoms with E-state index in [2.05, 4.69) is 24.3 Å². The Hall–Kier alpha value is -1.12. The molecule has 1 aromatic rings. The third-order valence-corrected chi connectivity index (χ3v) is 2.84. The van der Waals surface area contributed by atoms with Gasteiger partial charge in [-0.15, -0.1) is 0 Å². The summed E-state index contributed by atoms with van der Waals surface area (Å²) in [5, 5.41) is 0. The van der Waals surface area contributed by atoms with Gasteiger partial charge in [0.1, 0.15) is 0 Å². The first-order chi connectivity index (χ1) is 8.45. The summed E-state index contributed by atoms with van der Waals surface area (Å²) in [6, 6.07) is 10.3. The first kappa shape index (κ1) is 12.3. The maximum absolute atomic E-state index is 5.65. The van der Waals surface area contributed by atoms with Crippen LogP contribution in [0.4, 0.5) is 0 Å². The van der Waals surface area contributed by atoms with Gasteiger partial charge in [-0.3, -0.25) is 0 Å². The second-order valence-corrected chi connectivity index (χ2v) is 4.27. The molecule has 0 bridgehead atoms. The predicted molar refractivity (Wildman–Crippen MR) is 69.6 cm³/mol. The molecule has 0 radical (unpaired) electrons. The van der Waals surface area contributed by atoms with Gasteiger partial charge in [-0.05, 0) is 31.2 Å². The molecule has 1 atom stereocenters. The van der Waals surface area contributed by atoms with Gasteiger partial charge in [-0.1, -0.05) is 42.5 Å². The minimum absolute atomic E-state index is 0.0360. The molecule has 1 heterocycles. The largest absolute Gasteiger partial charge is 0.353 e. The van der Waals surface area contributed by atoms with Crippen LogP contribution in [0.1, 0.15) is 31.2 Å². The summed E-state index contributed by atoms with van der Waals surface area (Å²) < 4.78 is 11.1. The fourth-order valence-corrected chi connectivity index (χ4v) is 1.89. The predicted octanol–water partition coefficient (Wildman–Crippen LogP) is 3.63. The Bertz CT molecular complexity index is 326. The number of hydrogen-bond donors (Lipinski definition) is 0. The van der Waals surface area contributed by atoms with Crippen molar-refractivity contribution in [3.8, 4) is 0 Å². The van der Waals surface area contributed by atoms with E-state index in [9.17, 15) is 0 Å². The third-order valence-electron chi connectivity index (χ3n) is 2.84. The zero-order chi connectivity index (χ0) is 11.8. The van der Waals surface area contributed by atoms with Crippen LogP contribution in [0.3, 0.4) is 0 Å². The molecule has 17 heavy (non-hydrogen) atoms. The third kappa shape index (κ3) is 4.72. The molecular weight excluding hydrogens is 212 g/mol. The molecule has 1 saturated heterocycles. The van der Waals surface area contributed by atoms with E-state index >= 15 is 0 Å². The molecule has 92 valence electrons. The van der Waals surface area contributed by atoms with E-state index in [1.807, 2.05) is 18.2 Å². The van der Waals surface area contributed by atoms with Crippen LogP contribution < -0.4 is 0 Å². The molecule has 1 aromatic carbocycles. The van der Waals surface area contributed by atoms with Crippen LogP contribution in [-0.4, -0.2) is 19.5 Å². The van der Waals surface area contributed by atoms with E-state index in [0.717, 1.165) is 26.1 Å². The Morgan fingerprint density at radius 3 is 2.88 bits per heavy atom. The second-order valence-electron chi connectivity index (χ2n) is 4.27. The monoisotopic (exact) mass is 232 g/mol. The lowest BCUT2D eigenvalue weighted by Crippen LogP contribution is -2.22. The summed E-state index contributed by atoms with van der Waals surface area (Å²) in [7, 11) is 0. The second kappa shape index (κ2) is 7.25. The molecule has 0 spiro atoms. The van der Waals surface area contributed by atoms with E-state index < -0.39 is 0 Å². The molecule has 0 N–H and O–H groups in total. The van der Waals surface area contributed by atoms with Crippen molar-refractivity contribution in [3.05, 3.63) is 42.0 Å². The Labute approximate surface area is 103 Å². The summed E-state index contributed by atoms with van der Waals surface area (Å²) in [5.74, 6) is 0. The lowest BCUT2D eigenvalue weighted by atomic mass is 10.2. The molecule has 1 unspecified atom stereocenters. The number of benzene rings is 1. The van der Waals surface area contributed by atoms with Crippen molar-refractivity contribution < 1.29 is 9.47 Å². The molecule has 0 aliphatic carbocycles. The maximum Gasteiger partial charge on any atom is 0.157 e. The summed E-state index contributed by atoms with van der Waals surface area (Å²) in [4.78, 5) is 0. The topological polar surface area (TPSA) is 18.5 Å². The van der Waals surface area contributed by atoms with Crippen molar-refractivity contribution in [3.63, 3.8) is 0 Å². The first-order valence-corrected chi connectivity index (χ1v) is 6.40. The van der Waals surface area contributed by atoms with Gasteiger partial charge in [0.25, 0.3) is 0 Å². The maximum atomic E-state index is 5.65. The summed E-state index contributed by atoms with van der Waals surface area (Å²) >= 11 is 0. The fraction of sp³-hybridized carbons (Fsp3) is 0.467. The SMILES string of the molecule is C(=C\c1ccccc1)/CCOC1CCCCO1. The highest BCUT2D eigenvalue weighted by atomic mass is 16.7. The summed E-state index contributed by atoms with van der Waals surface area (Å²) in [5.41, 5.74) is 1.24. The quantitative estimate of drug-likeness (QED) is 0.722. The summed E-state index contributed by atoms with van der Waals surface area (Å²) in [6.07, 6.45) is 8.70. The van der Waals surface area contributed by atoms with E-state index in [1.165, 1.54) is 18.4 Å². The van der Waals surface area contributed by atoms with Crippen LogP contribution in [0.15, 0.2) is 36.4 Å². The first-order valence-electron chi connectivity index (χ1n) is 6.40. The van der Waals surface area contributed by atoms with Crippen molar-refractivity contribution in [2.75, 3.05) is 13.2 Å². The Morgan fingerprint density at radius 2 is 2.12 bits per heavy atom. The highest BCUT2D eigenvalue weighted by Crippen LogP contribution is 2.13. The number of ether oxygens (including phenoxy) is 2. The number of hydrogen-bond acceptors (Lipinski definition) is 2. The smallest absolute Gasteiger partial charge is 0.157 e.